The van der Waals surface area contributed by atoms with Crippen LogP contribution in [-0.4, -0.2) is 9.97 Å². The number of hydrogen-bond acceptors (Lipinski definition) is 3. The molecule has 2 rings (SSSR count). The lowest BCUT2D eigenvalue weighted by Gasteiger charge is -2.03. The minimum absolute atomic E-state index is 0.0774. The average Bonchev–Trinajstić information content (AvgIpc) is 2.68. The molecule has 0 saturated heterocycles. The molecule has 0 atom stereocenters. The van der Waals surface area contributed by atoms with E-state index < -0.39 is 0 Å². The highest BCUT2D eigenvalue weighted by Crippen LogP contribution is 2.30. The number of H-pyrrole nitrogens is 1. The Morgan fingerprint density at radius 1 is 1.50 bits per heavy atom. The zero-order chi connectivity index (χ0) is 11.7. The van der Waals surface area contributed by atoms with Gasteiger partial charge in [-0.3, -0.25) is 4.79 Å². The molecular formula is C11H11ClN2OS. The van der Waals surface area contributed by atoms with Crippen molar-refractivity contribution < 1.29 is 0 Å². The van der Waals surface area contributed by atoms with E-state index in [-0.39, 0.29) is 5.56 Å². The van der Waals surface area contributed by atoms with E-state index in [1.807, 2.05) is 19.1 Å². The standard InChI is InChI=1S/C11H11ClN2OS/c1-3-9-13-10(6(2)11(15)14-9)7-4-5-8(12)16-7/h4-5H,3H2,1-2H3,(H,13,14,15). The van der Waals surface area contributed by atoms with Gasteiger partial charge in [0.05, 0.1) is 14.9 Å². The molecule has 5 heteroatoms. The first-order valence-electron chi connectivity index (χ1n) is 4.97. The molecule has 0 bridgehead atoms. The number of thiophene rings is 1. The fraction of sp³-hybridized carbons (Fsp3) is 0.273. The Bertz CT molecular complexity index is 574. The van der Waals surface area contributed by atoms with Crippen molar-refractivity contribution in [2.75, 3.05) is 0 Å². The fourth-order valence-electron chi connectivity index (χ4n) is 1.43. The third-order valence-corrected chi connectivity index (χ3v) is 3.58. The van der Waals surface area contributed by atoms with E-state index in [9.17, 15) is 4.79 Å². The maximum absolute atomic E-state index is 11.7. The van der Waals surface area contributed by atoms with Crippen LogP contribution < -0.4 is 5.56 Å². The second-order valence-corrected chi connectivity index (χ2v) is 5.16. The van der Waals surface area contributed by atoms with Gasteiger partial charge in [0.1, 0.15) is 5.82 Å². The molecule has 2 aromatic heterocycles. The van der Waals surface area contributed by atoms with Gasteiger partial charge in [-0.2, -0.15) is 0 Å². The fourth-order valence-corrected chi connectivity index (χ4v) is 2.52. The summed E-state index contributed by atoms with van der Waals surface area (Å²) in [6.07, 6.45) is 0.710. The van der Waals surface area contributed by atoms with Crippen molar-refractivity contribution in [3.8, 4) is 10.6 Å². The molecule has 0 unspecified atom stereocenters. The number of nitrogens with zero attached hydrogens (tertiary/aromatic N) is 1. The highest BCUT2D eigenvalue weighted by atomic mass is 35.5. The van der Waals surface area contributed by atoms with Crippen molar-refractivity contribution in [3.05, 3.63) is 38.2 Å². The van der Waals surface area contributed by atoms with E-state index in [0.29, 0.717) is 22.1 Å². The van der Waals surface area contributed by atoms with E-state index in [4.69, 9.17) is 11.6 Å². The molecule has 0 radical (unpaired) electrons. The van der Waals surface area contributed by atoms with Crippen LogP contribution in [-0.2, 0) is 6.42 Å². The Labute approximate surface area is 102 Å². The van der Waals surface area contributed by atoms with Crippen LogP contribution in [0.5, 0.6) is 0 Å². The third kappa shape index (κ3) is 2.03. The molecule has 0 fully saturated rings. The summed E-state index contributed by atoms with van der Waals surface area (Å²) in [5.74, 6) is 0.704. The number of hydrogen-bond donors (Lipinski definition) is 1. The minimum atomic E-state index is -0.0774. The lowest BCUT2D eigenvalue weighted by Crippen LogP contribution is -2.15. The van der Waals surface area contributed by atoms with E-state index in [1.165, 1.54) is 11.3 Å². The first-order chi connectivity index (χ1) is 7.61. The van der Waals surface area contributed by atoms with Gasteiger partial charge in [0, 0.05) is 12.0 Å². The highest BCUT2D eigenvalue weighted by molar-refractivity contribution is 7.19. The Hall–Kier alpha value is -1.13. The summed E-state index contributed by atoms with van der Waals surface area (Å²) in [6, 6.07) is 3.71. The number of aromatic amines is 1. The first-order valence-corrected chi connectivity index (χ1v) is 6.16. The highest BCUT2D eigenvalue weighted by Gasteiger charge is 2.10. The van der Waals surface area contributed by atoms with Gasteiger partial charge in [0.2, 0.25) is 0 Å². The summed E-state index contributed by atoms with van der Waals surface area (Å²) >= 11 is 7.31. The first kappa shape index (κ1) is 11.4. The maximum Gasteiger partial charge on any atom is 0.254 e. The van der Waals surface area contributed by atoms with Crippen molar-refractivity contribution in [2.45, 2.75) is 20.3 Å². The monoisotopic (exact) mass is 254 g/mol. The topological polar surface area (TPSA) is 45.8 Å². The zero-order valence-corrected chi connectivity index (χ0v) is 10.6. The number of rotatable bonds is 2. The predicted molar refractivity (Wildman–Crippen MR) is 67.3 cm³/mol. The van der Waals surface area contributed by atoms with Crippen molar-refractivity contribution in [2.24, 2.45) is 0 Å². The molecule has 16 heavy (non-hydrogen) atoms. The molecule has 0 aliphatic heterocycles. The number of nitrogens with one attached hydrogen (secondary N) is 1. The summed E-state index contributed by atoms with van der Waals surface area (Å²) in [7, 11) is 0. The second-order valence-electron chi connectivity index (χ2n) is 3.44. The normalized spacial score (nSPS) is 10.7. The van der Waals surface area contributed by atoms with Crippen LogP contribution in [0.25, 0.3) is 10.6 Å². The third-order valence-electron chi connectivity index (χ3n) is 2.34. The van der Waals surface area contributed by atoms with Gasteiger partial charge in [0.25, 0.3) is 5.56 Å². The second kappa shape index (κ2) is 4.39. The molecule has 0 amide bonds. The van der Waals surface area contributed by atoms with Crippen LogP contribution in [0.15, 0.2) is 16.9 Å². The van der Waals surface area contributed by atoms with Crippen LogP contribution >= 0.6 is 22.9 Å². The Morgan fingerprint density at radius 3 is 2.81 bits per heavy atom. The van der Waals surface area contributed by atoms with Gasteiger partial charge in [-0.05, 0) is 19.1 Å². The number of halogens is 1. The molecular weight excluding hydrogens is 244 g/mol. The van der Waals surface area contributed by atoms with Crippen molar-refractivity contribution in [1.82, 2.24) is 9.97 Å². The van der Waals surface area contributed by atoms with Gasteiger partial charge >= 0.3 is 0 Å². The quantitative estimate of drug-likeness (QED) is 0.895. The summed E-state index contributed by atoms with van der Waals surface area (Å²) in [5.41, 5.74) is 1.29. The number of aromatic nitrogens is 2. The Balaban J connectivity index is 2.64. The van der Waals surface area contributed by atoms with Crippen LogP contribution in [0.4, 0.5) is 0 Å². The minimum Gasteiger partial charge on any atom is -0.310 e. The van der Waals surface area contributed by atoms with E-state index in [2.05, 4.69) is 9.97 Å². The molecule has 0 spiro atoms. The smallest absolute Gasteiger partial charge is 0.254 e. The molecule has 2 heterocycles. The summed E-state index contributed by atoms with van der Waals surface area (Å²) in [6.45, 7) is 3.73. The van der Waals surface area contributed by atoms with Crippen LogP contribution in [0.1, 0.15) is 18.3 Å². The van der Waals surface area contributed by atoms with Gasteiger partial charge in [-0.15, -0.1) is 11.3 Å². The summed E-state index contributed by atoms with van der Waals surface area (Å²) < 4.78 is 0.703. The van der Waals surface area contributed by atoms with Crippen LogP contribution in [0.2, 0.25) is 4.34 Å². The summed E-state index contributed by atoms with van der Waals surface area (Å²) in [5, 5.41) is 0. The molecule has 2 aromatic rings. The van der Waals surface area contributed by atoms with E-state index in [0.717, 1.165) is 10.6 Å². The molecule has 3 nitrogen and oxygen atoms in total. The lowest BCUT2D eigenvalue weighted by atomic mass is 10.2. The molecule has 84 valence electrons. The van der Waals surface area contributed by atoms with E-state index >= 15 is 0 Å². The zero-order valence-electron chi connectivity index (χ0n) is 9.00. The maximum atomic E-state index is 11.7. The Kier molecular flexibility index (Phi) is 3.12. The largest absolute Gasteiger partial charge is 0.310 e. The summed E-state index contributed by atoms with van der Waals surface area (Å²) in [4.78, 5) is 19.8. The van der Waals surface area contributed by atoms with Gasteiger partial charge in [0.15, 0.2) is 0 Å². The SMILES string of the molecule is CCc1nc(-c2ccc(Cl)s2)c(C)c(=O)[nH]1. The molecule has 0 aromatic carbocycles. The number of aryl methyl sites for hydroxylation is 1. The van der Waals surface area contributed by atoms with Gasteiger partial charge in [-0.25, -0.2) is 4.98 Å². The Morgan fingerprint density at radius 2 is 2.25 bits per heavy atom. The van der Waals surface area contributed by atoms with Crippen molar-refractivity contribution in [1.29, 1.82) is 0 Å². The lowest BCUT2D eigenvalue weighted by molar-refractivity contribution is 0.913. The molecule has 0 aliphatic rings. The van der Waals surface area contributed by atoms with E-state index in [1.54, 1.807) is 6.92 Å². The van der Waals surface area contributed by atoms with Crippen LogP contribution in [0, 0.1) is 6.92 Å². The van der Waals surface area contributed by atoms with Gasteiger partial charge in [-0.1, -0.05) is 18.5 Å². The predicted octanol–water partition coefficient (Wildman–Crippen LogP) is 3.02. The van der Waals surface area contributed by atoms with Crippen LogP contribution in [0.3, 0.4) is 0 Å². The van der Waals surface area contributed by atoms with Crippen molar-refractivity contribution in [3.63, 3.8) is 0 Å². The average molecular weight is 255 g/mol. The molecule has 0 aliphatic carbocycles. The molecule has 1 N–H and O–H groups in total. The molecule has 0 saturated carbocycles. The van der Waals surface area contributed by atoms with Gasteiger partial charge < -0.3 is 4.98 Å². The van der Waals surface area contributed by atoms with Crippen molar-refractivity contribution >= 4 is 22.9 Å².